The first-order chi connectivity index (χ1) is 16.3. The second-order valence-corrected chi connectivity index (χ2v) is 9.04. The molecule has 0 heterocycles. The molecule has 1 aliphatic rings. The summed E-state index contributed by atoms with van der Waals surface area (Å²) in [6.07, 6.45) is 9.72. The Hall–Kier alpha value is -2.40. The van der Waals surface area contributed by atoms with Gasteiger partial charge in [-0.1, -0.05) is 48.6 Å². The van der Waals surface area contributed by atoms with Crippen molar-refractivity contribution >= 4 is 0 Å². The number of benzene rings is 2. The standard InChI is InChI=1S/C29H34F4O/c1-3-5-6-8-22-9-11-23(12-10-22)17-18-34-29(32,33)28-26(30)19-25(20-27(28)31)24-15-13-21(7-4-2)14-16-24/h3-5,7,9-12,19-21,24H,6,8,13-18H2,1-2H3/b5-3+,7-4+. The molecule has 0 spiro atoms. The molecule has 2 aromatic rings. The zero-order valence-electron chi connectivity index (χ0n) is 20.0. The Kier molecular flexibility index (Phi) is 9.52. The maximum Gasteiger partial charge on any atom is 0.389 e. The summed E-state index contributed by atoms with van der Waals surface area (Å²) < 4.78 is 63.2. The zero-order valence-corrected chi connectivity index (χ0v) is 20.0. The van der Waals surface area contributed by atoms with Gasteiger partial charge < -0.3 is 4.74 Å². The van der Waals surface area contributed by atoms with Crippen LogP contribution in [0.5, 0.6) is 0 Å². The fourth-order valence-corrected chi connectivity index (χ4v) is 4.68. The van der Waals surface area contributed by atoms with Gasteiger partial charge in [-0.15, -0.1) is 0 Å². The van der Waals surface area contributed by atoms with Crippen molar-refractivity contribution in [1.82, 2.24) is 0 Å². The second kappa shape index (κ2) is 12.3. The van der Waals surface area contributed by atoms with Crippen molar-refractivity contribution in [2.75, 3.05) is 6.61 Å². The Morgan fingerprint density at radius 3 is 2.03 bits per heavy atom. The van der Waals surface area contributed by atoms with Gasteiger partial charge in [0.15, 0.2) is 0 Å². The Labute approximate surface area is 200 Å². The highest BCUT2D eigenvalue weighted by atomic mass is 19.3. The van der Waals surface area contributed by atoms with Crippen LogP contribution in [0.15, 0.2) is 60.7 Å². The molecule has 1 aliphatic carbocycles. The molecule has 1 fully saturated rings. The van der Waals surface area contributed by atoms with E-state index in [2.05, 4.69) is 16.9 Å². The summed E-state index contributed by atoms with van der Waals surface area (Å²) in [6, 6.07) is 9.77. The van der Waals surface area contributed by atoms with E-state index in [1.807, 2.05) is 50.3 Å². The Bertz CT molecular complexity index is 947. The SMILES string of the molecule is C/C=C/CCc1ccc(CCOC(F)(F)c2c(F)cc(C3CCC(/C=C/C)CC3)cc2F)cc1. The molecule has 0 aliphatic heterocycles. The van der Waals surface area contributed by atoms with Crippen molar-refractivity contribution in [1.29, 1.82) is 0 Å². The molecule has 0 radical (unpaired) electrons. The molecule has 1 saturated carbocycles. The lowest BCUT2D eigenvalue weighted by Crippen LogP contribution is -2.24. The second-order valence-electron chi connectivity index (χ2n) is 9.04. The average molecular weight is 475 g/mol. The van der Waals surface area contributed by atoms with Gasteiger partial charge in [-0.3, -0.25) is 0 Å². The maximum atomic E-state index is 14.7. The molecule has 0 unspecified atom stereocenters. The van der Waals surface area contributed by atoms with Crippen LogP contribution >= 0.6 is 0 Å². The highest BCUT2D eigenvalue weighted by Gasteiger charge is 2.40. The molecule has 5 heteroatoms. The minimum atomic E-state index is -4.04. The largest absolute Gasteiger partial charge is 0.389 e. The number of ether oxygens (including phenoxy) is 1. The number of allylic oxidation sites excluding steroid dienone is 4. The van der Waals surface area contributed by atoms with Crippen LogP contribution in [0.3, 0.4) is 0 Å². The summed E-state index contributed by atoms with van der Waals surface area (Å²) >= 11 is 0. The van der Waals surface area contributed by atoms with Crippen molar-refractivity contribution in [2.24, 2.45) is 5.92 Å². The first-order valence-electron chi connectivity index (χ1n) is 12.2. The van der Waals surface area contributed by atoms with Crippen LogP contribution in [-0.4, -0.2) is 6.61 Å². The van der Waals surface area contributed by atoms with E-state index in [4.69, 9.17) is 0 Å². The normalized spacial score (nSPS) is 19.4. The van der Waals surface area contributed by atoms with Gasteiger partial charge in [-0.05, 0) is 99.5 Å². The van der Waals surface area contributed by atoms with Crippen molar-refractivity contribution in [3.63, 3.8) is 0 Å². The van der Waals surface area contributed by atoms with Gasteiger partial charge in [0, 0.05) is 0 Å². The molecule has 0 amide bonds. The minimum absolute atomic E-state index is 0.0185. The summed E-state index contributed by atoms with van der Waals surface area (Å²) in [5.74, 6) is -2.04. The van der Waals surface area contributed by atoms with E-state index in [9.17, 15) is 17.6 Å². The molecule has 0 atom stereocenters. The molecule has 2 aromatic carbocycles. The molecule has 3 rings (SSSR count). The summed E-state index contributed by atoms with van der Waals surface area (Å²) in [6.45, 7) is 3.60. The van der Waals surface area contributed by atoms with Gasteiger partial charge in [-0.2, -0.15) is 8.78 Å². The Balaban J connectivity index is 1.59. The van der Waals surface area contributed by atoms with Crippen LogP contribution in [0.2, 0.25) is 0 Å². The molecular weight excluding hydrogens is 440 g/mol. The van der Waals surface area contributed by atoms with Crippen molar-refractivity contribution < 1.29 is 22.3 Å². The van der Waals surface area contributed by atoms with E-state index in [0.29, 0.717) is 11.5 Å². The molecule has 1 nitrogen and oxygen atoms in total. The summed E-state index contributed by atoms with van der Waals surface area (Å²) in [7, 11) is 0. The van der Waals surface area contributed by atoms with Crippen molar-refractivity contribution in [3.05, 3.63) is 94.6 Å². The van der Waals surface area contributed by atoms with Crippen LogP contribution in [0, 0.1) is 17.6 Å². The van der Waals surface area contributed by atoms with Gasteiger partial charge in [-0.25, -0.2) is 8.78 Å². The van der Waals surface area contributed by atoms with Crippen LogP contribution in [0.4, 0.5) is 17.6 Å². The highest BCUT2D eigenvalue weighted by Crippen LogP contribution is 2.40. The van der Waals surface area contributed by atoms with Gasteiger partial charge in [0.1, 0.15) is 17.2 Å². The minimum Gasteiger partial charge on any atom is -0.316 e. The van der Waals surface area contributed by atoms with E-state index in [1.54, 1.807) is 0 Å². The van der Waals surface area contributed by atoms with Gasteiger partial charge in [0.2, 0.25) is 0 Å². The van der Waals surface area contributed by atoms with Crippen LogP contribution < -0.4 is 0 Å². The van der Waals surface area contributed by atoms with E-state index < -0.39 is 23.3 Å². The lowest BCUT2D eigenvalue weighted by atomic mass is 9.78. The third kappa shape index (κ3) is 7.05. The van der Waals surface area contributed by atoms with Crippen LogP contribution in [0.25, 0.3) is 0 Å². The molecule has 0 aromatic heterocycles. The molecular formula is C29H34F4O. The molecule has 0 saturated heterocycles. The average Bonchev–Trinajstić information content (AvgIpc) is 2.80. The van der Waals surface area contributed by atoms with E-state index >= 15 is 0 Å². The highest BCUT2D eigenvalue weighted by molar-refractivity contribution is 5.31. The number of hydrogen-bond acceptors (Lipinski definition) is 1. The summed E-state index contributed by atoms with van der Waals surface area (Å²) in [5, 5.41) is 0. The first kappa shape index (κ1) is 26.2. The van der Waals surface area contributed by atoms with Crippen LogP contribution in [-0.2, 0) is 23.7 Å². The number of aryl methyl sites for hydroxylation is 1. The topological polar surface area (TPSA) is 9.23 Å². The van der Waals surface area contributed by atoms with Gasteiger partial charge >= 0.3 is 6.11 Å². The number of halogens is 4. The number of rotatable bonds is 10. The van der Waals surface area contributed by atoms with Crippen molar-refractivity contribution in [2.45, 2.75) is 70.8 Å². The predicted molar refractivity (Wildman–Crippen MR) is 129 cm³/mol. The van der Waals surface area contributed by atoms with E-state index in [0.717, 1.165) is 61.8 Å². The lowest BCUT2D eigenvalue weighted by Gasteiger charge is -2.28. The van der Waals surface area contributed by atoms with Gasteiger partial charge in [0.25, 0.3) is 0 Å². The zero-order chi connectivity index (χ0) is 24.6. The molecule has 184 valence electrons. The Morgan fingerprint density at radius 2 is 1.47 bits per heavy atom. The van der Waals surface area contributed by atoms with E-state index in [1.165, 1.54) is 0 Å². The fourth-order valence-electron chi connectivity index (χ4n) is 4.68. The Morgan fingerprint density at radius 1 is 0.882 bits per heavy atom. The summed E-state index contributed by atoms with van der Waals surface area (Å²) in [5.41, 5.74) is 1.13. The first-order valence-corrected chi connectivity index (χ1v) is 12.2. The number of alkyl halides is 2. The predicted octanol–water partition coefficient (Wildman–Crippen LogP) is 8.63. The fraction of sp³-hybridized carbons (Fsp3) is 0.448. The number of hydrogen-bond donors (Lipinski definition) is 0. The molecule has 0 N–H and O–H groups in total. The summed E-state index contributed by atoms with van der Waals surface area (Å²) in [4.78, 5) is 0. The third-order valence-corrected chi connectivity index (χ3v) is 6.60. The smallest absolute Gasteiger partial charge is 0.316 e. The van der Waals surface area contributed by atoms with Crippen LogP contribution in [0.1, 0.15) is 74.1 Å². The quantitative estimate of drug-likeness (QED) is 0.247. The molecule has 0 bridgehead atoms. The molecule has 34 heavy (non-hydrogen) atoms. The maximum absolute atomic E-state index is 14.7. The third-order valence-electron chi connectivity index (χ3n) is 6.60. The van der Waals surface area contributed by atoms with Gasteiger partial charge in [0.05, 0.1) is 6.61 Å². The van der Waals surface area contributed by atoms with E-state index in [-0.39, 0.29) is 18.9 Å². The monoisotopic (exact) mass is 474 g/mol. The lowest BCUT2D eigenvalue weighted by molar-refractivity contribution is -0.251. The van der Waals surface area contributed by atoms with Crippen molar-refractivity contribution in [3.8, 4) is 0 Å².